The van der Waals surface area contributed by atoms with Crippen molar-refractivity contribution < 1.29 is 38.5 Å². The van der Waals surface area contributed by atoms with Gasteiger partial charge in [-0.25, -0.2) is 14.4 Å². The Bertz CT molecular complexity index is 521. The Morgan fingerprint density at radius 2 is 1.68 bits per heavy atom. The number of ether oxygens (including phenoxy) is 3. The average Bonchev–Trinajstić information content (AvgIpc) is 2.45. The molecular weight excluding hydrogens is 334 g/mol. The van der Waals surface area contributed by atoms with Gasteiger partial charge in [0.1, 0.15) is 24.9 Å². The van der Waals surface area contributed by atoms with E-state index in [0.717, 1.165) is 0 Å². The highest BCUT2D eigenvalue weighted by Gasteiger charge is 2.26. The molecular formula is C16H25NO8. The van der Waals surface area contributed by atoms with Crippen molar-refractivity contribution in [2.45, 2.75) is 52.2 Å². The van der Waals surface area contributed by atoms with E-state index >= 15 is 0 Å². The van der Waals surface area contributed by atoms with Crippen LogP contribution in [0.25, 0.3) is 0 Å². The van der Waals surface area contributed by atoms with Crippen LogP contribution in [0.2, 0.25) is 0 Å². The smallest absolute Gasteiger partial charge is 0.408 e. The van der Waals surface area contributed by atoms with Gasteiger partial charge in [-0.15, -0.1) is 0 Å². The Kier molecular flexibility index (Phi) is 9.25. The van der Waals surface area contributed by atoms with E-state index in [0.29, 0.717) is 0 Å². The summed E-state index contributed by atoms with van der Waals surface area (Å²) in [6.45, 7) is 9.39. The van der Waals surface area contributed by atoms with E-state index in [2.05, 4.69) is 11.9 Å². The largest absolute Gasteiger partial charge is 0.481 e. The second-order valence-electron chi connectivity index (χ2n) is 6.21. The topological polar surface area (TPSA) is 128 Å². The molecule has 0 aliphatic carbocycles. The van der Waals surface area contributed by atoms with Crippen LogP contribution in [0.15, 0.2) is 12.2 Å². The maximum Gasteiger partial charge on any atom is 0.408 e. The van der Waals surface area contributed by atoms with Crippen LogP contribution >= 0.6 is 0 Å². The van der Waals surface area contributed by atoms with Crippen LogP contribution in [0.1, 0.15) is 40.5 Å². The summed E-state index contributed by atoms with van der Waals surface area (Å²) in [5, 5.41) is 11.0. The van der Waals surface area contributed by atoms with E-state index in [1.807, 2.05) is 0 Å². The molecule has 0 saturated heterocycles. The zero-order chi connectivity index (χ0) is 19.6. The number of carbonyl (C=O) groups is 4. The molecule has 0 aromatic carbocycles. The summed E-state index contributed by atoms with van der Waals surface area (Å²) < 4.78 is 14.7. The molecule has 1 amide bonds. The SMILES string of the molecule is C=C(C)C(=O)OCCOC(=O)C(CCC(=O)O)NC(=O)OC(C)(C)C. The summed E-state index contributed by atoms with van der Waals surface area (Å²) in [5.41, 5.74) is -0.570. The third-order valence-electron chi connectivity index (χ3n) is 2.53. The van der Waals surface area contributed by atoms with Crippen molar-refractivity contribution >= 4 is 24.0 Å². The molecule has 142 valence electrons. The number of carboxylic acid groups (broad SMARTS) is 1. The van der Waals surface area contributed by atoms with Gasteiger partial charge in [0.25, 0.3) is 0 Å². The molecule has 0 aliphatic rings. The number of rotatable bonds is 9. The van der Waals surface area contributed by atoms with Gasteiger partial charge >= 0.3 is 24.0 Å². The predicted octanol–water partition coefficient (Wildman–Crippen LogP) is 1.41. The highest BCUT2D eigenvalue weighted by atomic mass is 16.6. The summed E-state index contributed by atoms with van der Waals surface area (Å²) in [6.07, 6.45) is -1.38. The van der Waals surface area contributed by atoms with Crippen LogP contribution in [-0.2, 0) is 28.6 Å². The van der Waals surface area contributed by atoms with Gasteiger partial charge in [0, 0.05) is 12.0 Å². The van der Waals surface area contributed by atoms with E-state index in [9.17, 15) is 19.2 Å². The van der Waals surface area contributed by atoms with Crippen molar-refractivity contribution in [3.05, 3.63) is 12.2 Å². The van der Waals surface area contributed by atoms with E-state index in [1.165, 1.54) is 6.92 Å². The lowest BCUT2D eigenvalue weighted by Gasteiger charge is -2.22. The minimum Gasteiger partial charge on any atom is -0.481 e. The Labute approximate surface area is 146 Å². The second-order valence-corrected chi connectivity index (χ2v) is 6.21. The summed E-state index contributed by atoms with van der Waals surface area (Å²) in [5.74, 6) is -2.59. The normalized spacial score (nSPS) is 11.8. The van der Waals surface area contributed by atoms with E-state index in [1.54, 1.807) is 20.8 Å². The molecule has 1 unspecified atom stereocenters. The van der Waals surface area contributed by atoms with E-state index < -0.39 is 35.6 Å². The lowest BCUT2D eigenvalue weighted by atomic mass is 10.1. The lowest BCUT2D eigenvalue weighted by molar-refractivity contribution is -0.152. The van der Waals surface area contributed by atoms with Crippen LogP contribution < -0.4 is 5.32 Å². The number of esters is 2. The van der Waals surface area contributed by atoms with Gasteiger partial charge in [0.05, 0.1) is 0 Å². The number of amides is 1. The molecule has 0 fully saturated rings. The van der Waals surface area contributed by atoms with Crippen molar-refractivity contribution in [1.82, 2.24) is 5.32 Å². The first-order valence-corrected chi connectivity index (χ1v) is 7.63. The Morgan fingerprint density at radius 3 is 2.16 bits per heavy atom. The number of hydrogen-bond donors (Lipinski definition) is 2. The van der Waals surface area contributed by atoms with Gasteiger partial charge in [-0.05, 0) is 34.1 Å². The monoisotopic (exact) mass is 359 g/mol. The molecule has 0 bridgehead atoms. The number of aliphatic carboxylic acids is 1. The molecule has 0 saturated carbocycles. The Hall–Kier alpha value is -2.58. The van der Waals surface area contributed by atoms with Crippen molar-refractivity contribution in [2.24, 2.45) is 0 Å². The quantitative estimate of drug-likeness (QED) is 0.274. The van der Waals surface area contributed by atoms with Crippen molar-refractivity contribution in [3.63, 3.8) is 0 Å². The van der Waals surface area contributed by atoms with Gasteiger partial charge in [0.15, 0.2) is 0 Å². The molecule has 0 heterocycles. The Morgan fingerprint density at radius 1 is 1.12 bits per heavy atom. The first kappa shape index (κ1) is 22.4. The maximum atomic E-state index is 12.0. The third-order valence-corrected chi connectivity index (χ3v) is 2.53. The van der Waals surface area contributed by atoms with Gasteiger partial charge in [-0.1, -0.05) is 6.58 Å². The van der Waals surface area contributed by atoms with E-state index in [-0.39, 0.29) is 31.6 Å². The first-order valence-electron chi connectivity index (χ1n) is 7.63. The number of carboxylic acids is 1. The highest BCUT2D eigenvalue weighted by molar-refractivity contribution is 5.87. The summed E-state index contributed by atoms with van der Waals surface area (Å²) >= 11 is 0. The van der Waals surface area contributed by atoms with Crippen LogP contribution in [0.5, 0.6) is 0 Å². The van der Waals surface area contributed by atoms with Crippen LogP contribution in [0, 0.1) is 0 Å². The van der Waals surface area contributed by atoms with Gasteiger partial charge < -0.3 is 24.6 Å². The minimum atomic E-state index is -1.19. The molecule has 2 N–H and O–H groups in total. The standard InChI is InChI=1S/C16H25NO8/c1-10(2)13(20)23-8-9-24-14(21)11(6-7-12(18)19)17-15(22)25-16(3,4)5/h11H,1,6-9H2,2-5H3,(H,17,22)(H,18,19). The molecule has 0 radical (unpaired) electrons. The highest BCUT2D eigenvalue weighted by Crippen LogP contribution is 2.08. The van der Waals surface area contributed by atoms with Crippen molar-refractivity contribution in [1.29, 1.82) is 0 Å². The average molecular weight is 359 g/mol. The van der Waals surface area contributed by atoms with Crippen LogP contribution in [-0.4, -0.2) is 54.0 Å². The molecule has 9 nitrogen and oxygen atoms in total. The summed E-state index contributed by atoms with van der Waals surface area (Å²) in [4.78, 5) is 45.6. The molecule has 0 spiro atoms. The maximum absolute atomic E-state index is 12.0. The van der Waals surface area contributed by atoms with Gasteiger partial charge in [-0.2, -0.15) is 0 Å². The summed E-state index contributed by atoms with van der Waals surface area (Å²) in [7, 11) is 0. The molecule has 1 atom stereocenters. The number of carbonyl (C=O) groups excluding carboxylic acids is 3. The number of alkyl carbamates (subject to hydrolysis) is 1. The minimum absolute atomic E-state index is 0.168. The molecule has 0 aliphatic heterocycles. The number of hydrogen-bond acceptors (Lipinski definition) is 7. The Balaban J connectivity index is 4.55. The van der Waals surface area contributed by atoms with E-state index in [4.69, 9.17) is 19.3 Å². The predicted molar refractivity (Wildman–Crippen MR) is 86.8 cm³/mol. The number of nitrogens with one attached hydrogen (secondary N) is 1. The first-order chi connectivity index (χ1) is 11.4. The van der Waals surface area contributed by atoms with Crippen molar-refractivity contribution in [3.8, 4) is 0 Å². The van der Waals surface area contributed by atoms with Crippen molar-refractivity contribution in [2.75, 3.05) is 13.2 Å². The molecule has 0 rings (SSSR count). The molecule has 0 aromatic heterocycles. The third kappa shape index (κ3) is 11.6. The molecule has 0 aromatic rings. The van der Waals surface area contributed by atoms with Gasteiger partial charge in [0.2, 0.25) is 0 Å². The fourth-order valence-corrected chi connectivity index (χ4v) is 1.47. The zero-order valence-electron chi connectivity index (χ0n) is 14.9. The molecule has 25 heavy (non-hydrogen) atoms. The van der Waals surface area contributed by atoms with Crippen LogP contribution in [0.4, 0.5) is 4.79 Å². The zero-order valence-corrected chi connectivity index (χ0v) is 14.9. The fourth-order valence-electron chi connectivity index (χ4n) is 1.47. The fraction of sp³-hybridized carbons (Fsp3) is 0.625. The van der Waals surface area contributed by atoms with Gasteiger partial charge in [-0.3, -0.25) is 4.79 Å². The van der Waals surface area contributed by atoms with Crippen LogP contribution in [0.3, 0.4) is 0 Å². The summed E-state index contributed by atoms with van der Waals surface area (Å²) in [6, 6.07) is -1.19. The second kappa shape index (κ2) is 10.3. The molecule has 9 heteroatoms. The lowest BCUT2D eigenvalue weighted by Crippen LogP contribution is -2.44.